The van der Waals surface area contributed by atoms with Crippen molar-refractivity contribution in [2.75, 3.05) is 25.1 Å². The first kappa shape index (κ1) is 17.2. The molecular formula is C19H24N4O2. The Bertz CT molecular complexity index is 700. The molecule has 1 atom stereocenters. The maximum atomic E-state index is 12.2. The molecule has 1 aliphatic heterocycles. The fourth-order valence-electron chi connectivity index (χ4n) is 3.02. The molecule has 1 aromatic heterocycles. The smallest absolute Gasteiger partial charge is 0.271 e. The lowest BCUT2D eigenvalue weighted by molar-refractivity contribution is 0.0945. The average molecular weight is 340 g/mol. The van der Waals surface area contributed by atoms with Crippen molar-refractivity contribution in [3.05, 3.63) is 47.9 Å². The van der Waals surface area contributed by atoms with E-state index in [0.29, 0.717) is 18.2 Å². The third-order valence-electron chi connectivity index (χ3n) is 4.46. The third kappa shape index (κ3) is 4.47. The van der Waals surface area contributed by atoms with Gasteiger partial charge in [-0.05, 0) is 36.5 Å². The Labute approximate surface area is 148 Å². The van der Waals surface area contributed by atoms with Crippen molar-refractivity contribution in [1.82, 2.24) is 15.3 Å². The van der Waals surface area contributed by atoms with Crippen molar-refractivity contribution in [3.63, 3.8) is 0 Å². The molecule has 6 heteroatoms. The third-order valence-corrected chi connectivity index (χ3v) is 4.46. The highest BCUT2D eigenvalue weighted by molar-refractivity contribution is 5.91. The number of benzene rings is 1. The molecule has 0 spiro atoms. The van der Waals surface area contributed by atoms with Crippen LogP contribution in [0.5, 0.6) is 5.75 Å². The quantitative estimate of drug-likeness (QED) is 0.906. The molecule has 2 aromatic rings. The lowest BCUT2D eigenvalue weighted by Crippen LogP contribution is -2.35. The van der Waals surface area contributed by atoms with Crippen LogP contribution in [0, 0.1) is 5.92 Å². The summed E-state index contributed by atoms with van der Waals surface area (Å²) in [6.45, 7) is 4.69. The predicted molar refractivity (Wildman–Crippen MR) is 96.8 cm³/mol. The van der Waals surface area contributed by atoms with Crippen LogP contribution in [0.2, 0.25) is 0 Å². The summed E-state index contributed by atoms with van der Waals surface area (Å²) in [5.74, 6) is 2.09. The minimum absolute atomic E-state index is 0.220. The van der Waals surface area contributed by atoms with Gasteiger partial charge >= 0.3 is 0 Å². The zero-order valence-electron chi connectivity index (χ0n) is 14.7. The lowest BCUT2D eigenvalue weighted by Gasteiger charge is -2.31. The summed E-state index contributed by atoms with van der Waals surface area (Å²) in [6, 6.07) is 7.59. The van der Waals surface area contributed by atoms with Gasteiger partial charge in [0.1, 0.15) is 17.3 Å². The number of piperidine rings is 1. The van der Waals surface area contributed by atoms with Crippen molar-refractivity contribution in [2.24, 2.45) is 5.92 Å². The number of amides is 1. The molecule has 132 valence electrons. The molecule has 0 radical (unpaired) electrons. The Morgan fingerprint density at radius 2 is 2.08 bits per heavy atom. The number of nitrogens with one attached hydrogen (secondary N) is 1. The van der Waals surface area contributed by atoms with Gasteiger partial charge in [0, 0.05) is 19.6 Å². The van der Waals surface area contributed by atoms with Crippen LogP contribution in [-0.2, 0) is 6.54 Å². The van der Waals surface area contributed by atoms with E-state index in [9.17, 15) is 4.79 Å². The van der Waals surface area contributed by atoms with E-state index in [1.165, 1.54) is 12.8 Å². The number of hydrogen-bond acceptors (Lipinski definition) is 5. The van der Waals surface area contributed by atoms with Crippen LogP contribution in [0.1, 0.15) is 35.8 Å². The van der Waals surface area contributed by atoms with Gasteiger partial charge in [-0.3, -0.25) is 4.79 Å². The average Bonchev–Trinajstić information content (AvgIpc) is 2.66. The van der Waals surface area contributed by atoms with E-state index in [1.54, 1.807) is 19.5 Å². The standard InChI is InChI=1S/C19H24N4O2/c1-14-4-3-9-23(13-14)18-12-20-17(11-21-18)19(24)22-10-15-5-7-16(25-2)8-6-15/h5-8,11-12,14H,3-4,9-10,13H2,1-2H3,(H,22,24). The fraction of sp³-hybridized carbons (Fsp3) is 0.421. The SMILES string of the molecule is COc1ccc(CNC(=O)c2cnc(N3CCCC(C)C3)cn2)cc1. The minimum Gasteiger partial charge on any atom is -0.497 e. The Balaban J connectivity index is 1.56. The van der Waals surface area contributed by atoms with Gasteiger partial charge in [0.25, 0.3) is 5.91 Å². The molecule has 1 aromatic carbocycles. The number of anilines is 1. The molecule has 3 rings (SSSR count). The number of nitrogens with zero attached hydrogens (tertiary/aromatic N) is 3. The second-order valence-corrected chi connectivity index (χ2v) is 6.48. The van der Waals surface area contributed by atoms with Gasteiger partial charge < -0.3 is 15.0 Å². The highest BCUT2D eigenvalue weighted by Crippen LogP contribution is 2.20. The molecule has 25 heavy (non-hydrogen) atoms. The summed E-state index contributed by atoms with van der Waals surface area (Å²) in [6.07, 6.45) is 5.68. The number of methoxy groups -OCH3 is 1. The largest absolute Gasteiger partial charge is 0.497 e. The van der Waals surface area contributed by atoms with Gasteiger partial charge in [0.2, 0.25) is 0 Å². The van der Waals surface area contributed by atoms with E-state index < -0.39 is 0 Å². The maximum Gasteiger partial charge on any atom is 0.271 e. The van der Waals surface area contributed by atoms with Crippen molar-refractivity contribution in [3.8, 4) is 5.75 Å². The van der Waals surface area contributed by atoms with E-state index in [2.05, 4.69) is 27.1 Å². The summed E-state index contributed by atoms with van der Waals surface area (Å²) in [7, 11) is 1.63. The molecule has 0 aliphatic carbocycles. The monoisotopic (exact) mass is 340 g/mol. The number of hydrogen-bond donors (Lipinski definition) is 1. The summed E-state index contributed by atoms with van der Waals surface area (Å²) in [5, 5.41) is 2.86. The minimum atomic E-state index is -0.220. The van der Waals surface area contributed by atoms with E-state index >= 15 is 0 Å². The van der Waals surface area contributed by atoms with Gasteiger partial charge in [0.15, 0.2) is 0 Å². The molecule has 1 amide bonds. The summed E-state index contributed by atoms with van der Waals surface area (Å²) in [5.41, 5.74) is 1.34. The van der Waals surface area contributed by atoms with Gasteiger partial charge in [-0.1, -0.05) is 19.1 Å². The molecule has 2 heterocycles. The maximum absolute atomic E-state index is 12.2. The number of carbonyl (C=O) groups is 1. The van der Waals surface area contributed by atoms with E-state index in [0.717, 1.165) is 30.2 Å². The van der Waals surface area contributed by atoms with Gasteiger partial charge in [-0.25, -0.2) is 9.97 Å². The summed E-state index contributed by atoms with van der Waals surface area (Å²) < 4.78 is 5.12. The van der Waals surface area contributed by atoms with Crippen LogP contribution in [0.4, 0.5) is 5.82 Å². The zero-order valence-corrected chi connectivity index (χ0v) is 14.7. The molecular weight excluding hydrogens is 316 g/mol. The predicted octanol–water partition coefficient (Wildman–Crippen LogP) is 2.65. The van der Waals surface area contributed by atoms with Crippen molar-refractivity contribution < 1.29 is 9.53 Å². The molecule has 1 N–H and O–H groups in total. The summed E-state index contributed by atoms with van der Waals surface area (Å²) >= 11 is 0. The van der Waals surface area contributed by atoms with Crippen LogP contribution >= 0.6 is 0 Å². The van der Waals surface area contributed by atoms with Crippen LogP contribution < -0.4 is 15.0 Å². The van der Waals surface area contributed by atoms with Crippen molar-refractivity contribution in [1.29, 1.82) is 0 Å². The van der Waals surface area contributed by atoms with Crippen molar-refractivity contribution in [2.45, 2.75) is 26.3 Å². The number of ether oxygens (including phenoxy) is 1. The van der Waals surface area contributed by atoms with Crippen LogP contribution in [0.3, 0.4) is 0 Å². The molecule has 0 bridgehead atoms. The molecule has 1 unspecified atom stereocenters. The number of carbonyl (C=O) groups excluding carboxylic acids is 1. The molecule has 6 nitrogen and oxygen atoms in total. The Morgan fingerprint density at radius 3 is 2.72 bits per heavy atom. The highest BCUT2D eigenvalue weighted by atomic mass is 16.5. The number of aromatic nitrogens is 2. The van der Waals surface area contributed by atoms with Crippen LogP contribution in [0.25, 0.3) is 0 Å². The van der Waals surface area contributed by atoms with E-state index in [1.807, 2.05) is 24.3 Å². The first-order chi connectivity index (χ1) is 12.2. The molecule has 0 saturated carbocycles. The van der Waals surface area contributed by atoms with Gasteiger partial charge in [-0.2, -0.15) is 0 Å². The lowest BCUT2D eigenvalue weighted by atomic mass is 10.0. The Morgan fingerprint density at radius 1 is 1.28 bits per heavy atom. The van der Waals surface area contributed by atoms with Gasteiger partial charge in [0.05, 0.1) is 19.5 Å². The zero-order chi connectivity index (χ0) is 17.6. The first-order valence-corrected chi connectivity index (χ1v) is 8.64. The van der Waals surface area contributed by atoms with Crippen molar-refractivity contribution >= 4 is 11.7 Å². The highest BCUT2D eigenvalue weighted by Gasteiger charge is 2.18. The van der Waals surface area contributed by atoms with Crippen LogP contribution in [0.15, 0.2) is 36.7 Å². The Hall–Kier alpha value is -2.63. The fourth-order valence-corrected chi connectivity index (χ4v) is 3.02. The second-order valence-electron chi connectivity index (χ2n) is 6.48. The van der Waals surface area contributed by atoms with E-state index in [4.69, 9.17) is 4.74 Å². The summed E-state index contributed by atoms with van der Waals surface area (Å²) in [4.78, 5) is 23.2. The first-order valence-electron chi connectivity index (χ1n) is 8.64. The number of rotatable bonds is 5. The van der Waals surface area contributed by atoms with Gasteiger partial charge in [-0.15, -0.1) is 0 Å². The topological polar surface area (TPSA) is 67.3 Å². The van der Waals surface area contributed by atoms with E-state index in [-0.39, 0.29) is 5.91 Å². The van der Waals surface area contributed by atoms with Crippen LogP contribution in [-0.4, -0.2) is 36.1 Å². The Kier molecular flexibility index (Phi) is 5.48. The molecule has 1 aliphatic rings. The normalized spacial score (nSPS) is 17.2. The second kappa shape index (κ2) is 7.96. The molecule has 1 fully saturated rings. The molecule has 1 saturated heterocycles.